The summed E-state index contributed by atoms with van der Waals surface area (Å²) in [5.74, 6) is 0.908. The zero-order valence-corrected chi connectivity index (χ0v) is 8.45. The first kappa shape index (κ1) is 8.27. The van der Waals surface area contributed by atoms with Crippen LogP contribution in [-0.2, 0) is 6.54 Å². The summed E-state index contributed by atoms with van der Waals surface area (Å²) in [6.07, 6.45) is 1.37. The second-order valence-corrected chi connectivity index (χ2v) is 5.09. The van der Waals surface area contributed by atoms with Crippen molar-refractivity contribution < 1.29 is 0 Å². The van der Waals surface area contributed by atoms with Crippen molar-refractivity contribution in [2.75, 3.05) is 0 Å². The maximum absolute atomic E-state index is 3.55. The largest absolute Gasteiger partial charge is 0.309 e. The van der Waals surface area contributed by atoms with E-state index in [9.17, 15) is 0 Å². The molecule has 2 atom stereocenters. The van der Waals surface area contributed by atoms with Gasteiger partial charge in [0.25, 0.3) is 0 Å². The first-order valence-electron chi connectivity index (χ1n) is 4.54. The number of thiophene rings is 1. The molecule has 0 saturated heterocycles. The molecule has 66 valence electrons. The van der Waals surface area contributed by atoms with Crippen LogP contribution >= 0.6 is 11.3 Å². The lowest BCUT2D eigenvalue weighted by atomic mass is 10.4. The van der Waals surface area contributed by atoms with Crippen LogP contribution in [0, 0.1) is 12.8 Å². The molecule has 0 spiro atoms. The van der Waals surface area contributed by atoms with E-state index in [2.05, 4.69) is 31.3 Å². The molecule has 0 aromatic carbocycles. The van der Waals surface area contributed by atoms with Gasteiger partial charge in [0.15, 0.2) is 0 Å². The Kier molecular flexibility index (Phi) is 2.20. The third-order valence-electron chi connectivity index (χ3n) is 2.44. The summed E-state index contributed by atoms with van der Waals surface area (Å²) in [5, 5.41) is 3.55. The van der Waals surface area contributed by atoms with Gasteiger partial charge in [0.05, 0.1) is 0 Å². The van der Waals surface area contributed by atoms with Crippen LogP contribution in [0.25, 0.3) is 0 Å². The molecule has 0 bridgehead atoms. The molecule has 1 aliphatic carbocycles. The average molecular weight is 181 g/mol. The van der Waals surface area contributed by atoms with Gasteiger partial charge in [-0.1, -0.05) is 6.92 Å². The third kappa shape index (κ3) is 1.87. The zero-order valence-electron chi connectivity index (χ0n) is 7.63. The highest BCUT2D eigenvalue weighted by Gasteiger charge is 2.31. The Balaban J connectivity index is 1.80. The molecule has 0 aliphatic heterocycles. The fourth-order valence-corrected chi connectivity index (χ4v) is 2.26. The van der Waals surface area contributed by atoms with Crippen LogP contribution in [-0.4, -0.2) is 6.04 Å². The smallest absolute Gasteiger partial charge is 0.0302 e. The van der Waals surface area contributed by atoms with Crippen molar-refractivity contribution in [2.24, 2.45) is 5.92 Å². The van der Waals surface area contributed by atoms with E-state index in [0.29, 0.717) is 0 Å². The van der Waals surface area contributed by atoms with Gasteiger partial charge in [-0.2, -0.15) is 0 Å². The van der Waals surface area contributed by atoms with Crippen molar-refractivity contribution in [3.05, 3.63) is 21.9 Å². The molecule has 0 radical (unpaired) electrons. The Bertz CT molecular complexity index is 267. The molecular weight excluding hydrogens is 166 g/mol. The van der Waals surface area contributed by atoms with Gasteiger partial charge in [-0.25, -0.2) is 0 Å². The Morgan fingerprint density at radius 1 is 1.58 bits per heavy atom. The molecule has 1 heterocycles. The molecule has 1 aromatic heterocycles. The molecule has 12 heavy (non-hydrogen) atoms. The summed E-state index contributed by atoms with van der Waals surface area (Å²) < 4.78 is 0. The van der Waals surface area contributed by atoms with E-state index < -0.39 is 0 Å². The first-order valence-corrected chi connectivity index (χ1v) is 5.36. The van der Waals surface area contributed by atoms with Crippen molar-refractivity contribution in [2.45, 2.75) is 32.9 Å². The molecular formula is C10H15NS. The van der Waals surface area contributed by atoms with Crippen LogP contribution < -0.4 is 5.32 Å². The molecule has 2 heteroatoms. The van der Waals surface area contributed by atoms with Crippen LogP contribution in [0.15, 0.2) is 12.1 Å². The lowest BCUT2D eigenvalue weighted by molar-refractivity contribution is 0.658. The van der Waals surface area contributed by atoms with E-state index in [0.717, 1.165) is 18.5 Å². The number of hydrogen-bond acceptors (Lipinski definition) is 2. The molecule has 1 fully saturated rings. The standard InChI is InChI=1S/C10H15NS/c1-7-5-10(7)11-6-9-4-3-8(2)12-9/h3-4,7,10-11H,5-6H2,1-2H3. The molecule has 1 aromatic rings. The maximum Gasteiger partial charge on any atom is 0.0302 e. The van der Waals surface area contributed by atoms with E-state index in [1.807, 2.05) is 11.3 Å². The summed E-state index contributed by atoms with van der Waals surface area (Å²) >= 11 is 1.90. The quantitative estimate of drug-likeness (QED) is 0.755. The van der Waals surface area contributed by atoms with E-state index in [1.54, 1.807) is 0 Å². The van der Waals surface area contributed by atoms with E-state index in [-0.39, 0.29) is 0 Å². The summed E-state index contributed by atoms with van der Waals surface area (Å²) in [6, 6.07) is 5.21. The van der Waals surface area contributed by atoms with Gasteiger partial charge in [-0.3, -0.25) is 0 Å². The zero-order chi connectivity index (χ0) is 8.55. The van der Waals surface area contributed by atoms with Gasteiger partial charge in [0.1, 0.15) is 0 Å². The highest BCUT2D eigenvalue weighted by molar-refractivity contribution is 7.11. The van der Waals surface area contributed by atoms with Crippen LogP contribution in [0.1, 0.15) is 23.1 Å². The Labute approximate surface area is 77.8 Å². The molecule has 1 saturated carbocycles. The molecule has 2 rings (SSSR count). The molecule has 2 unspecified atom stereocenters. The fraction of sp³-hybridized carbons (Fsp3) is 0.600. The Morgan fingerprint density at radius 3 is 2.83 bits per heavy atom. The molecule has 1 aliphatic rings. The average Bonchev–Trinajstić information content (AvgIpc) is 2.56. The second-order valence-electron chi connectivity index (χ2n) is 3.71. The lowest BCUT2D eigenvalue weighted by Crippen LogP contribution is -2.16. The predicted molar refractivity (Wildman–Crippen MR) is 53.5 cm³/mol. The summed E-state index contributed by atoms with van der Waals surface area (Å²) in [5.41, 5.74) is 0. The topological polar surface area (TPSA) is 12.0 Å². The van der Waals surface area contributed by atoms with Gasteiger partial charge in [0, 0.05) is 22.3 Å². The van der Waals surface area contributed by atoms with Crippen molar-refractivity contribution in [3.8, 4) is 0 Å². The van der Waals surface area contributed by atoms with Gasteiger partial charge in [-0.05, 0) is 31.4 Å². The van der Waals surface area contributed by atoms with E-state index in [1.165, 1.54) is 16.2 Å². The fourth-order valence-electron chi connectivity index (χ4n) is 1.42. The third-order valence-corrected chi connectivity index (χ3v) is 3.44. The van der Waals surface area contributed by atoms with Gasteiger partial charge < -0.3 is 5.32 Å². The number of aryl methyl sites for hydroxylation is 1. The maximum atomic E-state index is 3.55. The van der Waals surface area contributed by atoms with Crippen LogP contribution in [0.5, 0.6) is 0 Å². The minimum Gasteiger partial charge on any atom is -0.309 e. The van der Waals surface area contributed by atoms with Crippen molar-refractivity contribution in [1.82, 2.24) is 5.32 Å². The second kappa shape index (κ2) is 3.19. The van der Waals surface area contributed by atoms with Crippen LogP contribution in [0.2, 0.25) is 0 Å². The summed E-state index contributed by atoms with van der Waals surface area (Å²) in [7, 11) is 0. The molecule has 0 amide bonds. The number of rotatable bonds is 3. The molecule has 1 nitrogen and oxygen atoms in total. The first-order chi connectivity index (χ1) is 5.75. The van der Waals surface area contributed by atoms with Crippen LogP contribution in [0.3, 0.4) is 0 Å². The monoisotopic (exact) mass is 181 g/mol. The van der Waals surface area contributed by atoms with Crippen molar-refractivity contribution in [3.63, 3.8) is 0 Å². The molecule has 1 N–H and O–H groups in total. The van der Waals surface area contributed by atoms with Gasteiger partial charge >= 0.3 is 0 Å². The summed E-state index contributed by atoms with van der Waals surface area (Å²) in [4.78, 5) is 2.88. The Hall–Kier alpha value is -0.340. The van der Waals surface area contributed by atoms with E-state index in [4.69, 9.17) is 0 Å². The number of hydrogen-bond donors (Lipinski definition) is 1. The SMILES string of the molecule is Cc1ccc(CNC2CC2C)s1. The van der Waals surface area contributed by atoms with E-state index >= 15 is 0 Å². The lowest BCUT2D eigenvalue weighted by Gasteiger charge is -1.98. The van der Waals surface area contributed by atoms with Gasteiger partial charge in [0.2, 0.25) is 0 Å². The highest BCUT2D eigenvalue weighted by Crippen LogP contribution is 2.29. The van der Waals surface area contributed by atoms with Gasteiger partial charge in [-0.15, -0.1) is 11.3 Å². The number of nitrogens with one attached hydrogen (secondary N) is 1. The highest BCUT2D eigenvalue weighted by atomic mass is 32.1. The normalized spacial score (nSPS) is 27.5. The Morgan fingerprint density at radius 2 is 2.33 bits per heavy atom. The van der Waals surface area contributed by atoms with Crippen molar-refractivity contribution >= 4 is 11.3 Å². The minimum atomic E-state index is 0.799. The van der Waals surface area contributed by atoms with Crippen molar-refractivity contribution in [1.29, 1.82) is 0 Å². The summed E-state index contributed by atoms with van der Waals surface area (Å²) in [6.45, 7) is 5.53. The predicted octanol–water partition coefficient (Wildman–Crippen LogP) is 2.55. The van der Waals surface area contributed by atoms with Crippen LogP contribution in [0.4, 0.5) is 0 Å². The minimum absolute atomic E-state index is 0.799.